The number of ether oxygens (including phenoxy) is 2. The maximum atomic E-state index is 12.3. The van der Waals surface area contributed by atoms with E-state index >= 15 is 0 Å². The van der Waals surface area contributed by atoms with Gasteiger partial charge < -0.3 is 9.47 Å². The highest BCUT2D eigenvalue weighted by molar-refractivity contribution is 6.06. The number of carbonyl (C=O) groups is 1. The number of alkyl halides is 2. The number of methoxy groups -OCH3 is 1. The van der Waals surface area contributed by atoms with Crippen molar-refractivity contribution in [3.63, 3.8) is 0 Å². The monoisotopic (exact) mass is 329 g/mol. The minimum atomic E-state index is -2.95. The summed E-state index contributed by atoms with van der Waals surface area (Å²) in [6, 6.07) is 12.6. The SMILES string of the molecule is COc1cc(C=CC(=O)c2ccc(C#N)cc2)ccc1OC(F)F. The van der Waals surface area contributed by atoms with Crippen molar-refractivity contribution in [1.29, 1.82) is 5.26 Å². The summed E-state index contributed by atoms with van der Waals surface area (Å²) in [6.45, 7) is -2.95. The van der Waals surface area contributed by atoms with Crippen LogP contribution in [-0.4, -0.2) is 19.5 Å². The first kappa shape index (κ1) is 17.2. The number of benzene rings is 2. The molecule has 0 amide bonds. The van der Waals surface area contributed by atoms with E-state index in [0.29, 0.717) is 16.7 Å². The highest BCUT2D eigenvalue weighted by Gasteiger charge is 2.10. The molecule has 0 radical (unpaired) electrons. The lowest BCUT2D eigenvalue weighted by Crippen LogP contribution is -2.03. The summed E-state index contributed by atoms with van der Waals surface area (Å²) in [4.78, 5) is 12.1. The third-order valence-electron chi connectivity index (χ3n) is 3.13. The average Bonchev–Trinajstić information content (AvgIpc) is 2.60. The van der Waals surface area contributed by atoms with Crippen LogP contribution in [0.5, 0.6) is 11.5 Å². The normalized spacial score (nSPS) is 10.6. The van der Waals surface area contributed by atoms with E-state index in [1.54, 1.807) is 24.3 Å². The van der Waals surface area contributed by atoms with Crippen LogP contribution < -0.4 is 9.47 Å². The van der Waals surface area contributed by atoms with Crippen molar-refractivity contribution < 1.29 is 23.0 Å². The number of nitriles is 1. The summed E-state index contributed by atoms with van der Waals surface area (Å²) in [5.41, 5.74) is 1.50. The van der Waals surface area contributed by atoms with Gasteiger partial charge in [0.1, 0.15) is 0 Å². The van der Waals surface area contributed by atoms with E-state index < -0.39 is 6.61 Å². The molecule has 24 heavy (non-hydrogen) atoms. The second kappa shape index (κ2) is 7.88. The summed E-state index contributed by atoms with van der Waals surface area (Å²) in [5.74, 6) is -0.183. The second-order valence-electron chi connectivity index (χ2n) is 4.68. The maximum absolute atomic E-state index is 12.3. The number of carbonyl (C=O) groups excluding carboxylic acids is 1. The summed E-state index contributed by atoms with van der Waals surface area (Å²) >= 11 is 0. The molecule has 0 atom stereocenters. The van der Waals surface area contributed by atoms with Gasteiger partial charge in [0.15, 0.2) is 17.3 Å². The van der Waals surface area contributed by atoms with Crippen molar-refractivity contribution in [1.82, 2.24) is 0 Å². The molecule has 0 unspecified atom stereocenters. The number of rotatable bonds is 6. The molecule has 2 aromatic rings. The van der Waals surface area contributed by atoms with Crippen molar-refractivity contribution >= 4 is 11.9 Å². The quantitative estimate of drug-likeness (QED) is 0.592. The fourth-order valence-electron chi connectivity index (χ4n) is 1.96. The molecule has 0 saturated heterocycles. The molecule has 0 heterocycles. The smallest absolute Gasteiger partial charge is 0.387 e. The van der Waals surface area contributed by atoms with E-state index in [9.17, 15) is 13.6 Å². The molecule has 0 bridgehead atoms. The summed E-state index contributed by atoms with van der Waals surface area (Å²) < 4.78 is 33.9. The Labute approximate surface area is 137 Å². The molecule has 122 valence electrons. The highest BCUT2D eigenvalue weighted by Crippen LogP contribution is 2.29. The summed E-state index contributed by atoms with van der Waals surface area (Å²) in [7, 11) is 1.34. The molecule has 6 heteroatoms. The van der Waals surface area contributed by atoms with Gasteiger partial charge in [-0.15, -0.1) is 0 Å². The van der Waals surface area contributed by atoms with E-state index in [2.05, 4.69) is 4.74 Å². The van der Waals surface area contributed by atoms with Crippen LogP contribution in [0.2, 0.25) is 0 Å². The number of hydrogen-bond acceptors (Lipinski definition) is 4. The van der Waals surface area contributed by atoms with Crippen LogP contribution in [0.25, 0.3) is 6.08 Å². The van der Waals surface area contributed by atoms with Gasteiger partial charge in [-0.1, -0.05) is 12.1 Å². The topological polar surface area (TPSA) is 59.3 Å². The van der Waals surface area contributed by atoms with Crippen molar-refractivity contribution in [2.45, 2.75) is 6.61 Å². The fourth-order valence-corrected chi connectivity index (χ4v) is 1.96. The Morgan fingerprint density at radius 1 is 1.17 bits per heavy atom. The van der Waals surface area contributed by atoms with E-state index in [4.69, 9.17) is 10.00 Å². The lowest BCUT2D eigenvalue weighted by atomic mass is 10.1. The average molecular weight is 329 g/mol. The van der Waals surface area contributed by atoms with Gasteiger partial charge >= 0.3 is 6.61 Å². The number of ketones is 1. The van der Waals surface area contributed by atoms with Gasteiger partial charge in [-0.25, -0.2) is 0 Å². The van der Waals surface area contributed by atoms with Crippen LogP contribution in [0.4, 0.5) is 8.78 Å². The van der Waals surface area contributed by atoms with Gasteiger partial charge in [0.05, 0.1) is 18.7 Å². The maximum Gasteiger partial charge on any atom is 0.387 e. The summed E-state index contributed by atoms with van der Waals surface area (Å²) in [5, 5.41) is 8.73. The Bertz CT molecular complexity index is 793. The molecular weight excluding hydrogens is 316 g/mol. The Morgan fingerprint density at radius 3 is 2.46 bits per heavy atom. The molecule has 0 aliphatic rings. The number of hydrogen-bond donors (Lipinski definition) is 0. The molecule has 0 spiro atoms. The van der Waals surface area contributed by atoms with Crippen molar-refractivity contribution in [2.75, 3.05) is 7.11 Å². The lowest BCUT2D eigenvalue weighted by Gasteiger charge is -2.10. The van der Waals surface area contributed by atoms with E-state index in [0.717, 1.165) is 0 Å². The Hall–Kier alpha value is -3.20. The molecular formula is C18H13F2NO3. The van der Waals surface area contributed by atoms with Crippen LogP contribution in [0.3, 0.4) is 0 Å². The molecule has 2 aromatic carbocycles. The largest absolute Gasteiger partial charge is 0.493 e. The highest BCUT2D eigenvalue weighted by atomic mass is 19.3. The van der Waals surface area contributed by atoms with Crippen LogP contribution >= 0.6 is 0 Å². The molecule has 0 aliphatic heterocycles. The molecule has 0 fully saturated rings. The van der Waals surface area contributed by atoms with Crippen LogP contribution in [0, 0.1) is 11.3 Å². The Morgan fingerprint density at radius 2 is 1.88 bits per heavy atom. The van der Waals surface area contributed by atoms with Crippen LogP contribution in [0.1, 0.15) is 21.5 Å². The van der Waals surface area contributed by atoms with Gasteiger partial charge in [0.25, 0.3) is 0 Å². The minimum absolute atomic E-state index is 0.0805. The van der Waals surface area contributed by atoms with Gasteiger partial charge in [0.2, 0.25) is 0 Å². The molecule has 0 saturated carbocycles. The molecule has 0 aliphatic carbocycles. The zero-order valence-corrected chi connectivity index (χ0v) is 12.7. The predicted molar refractivity (Wildman–Crippen MR) is 84.1 cm³/mol. The third kappa shape index (κ3) is 4.40. The molecule has 0 aromatic heterocycles. The van der Waals surface area contributed by atoms with Gasteiger partial charge in [0, 0.05) is 5.56 Å². The second-order valence-corrected chi connectivity index (χ2v) is 4.68. The molecule has 0 N–H and O–H groups in total. The standard InChI is InChI=1S/C18H13F2NO3/c1-23-17-10-12(5-9-16(17)24-18(19)20)4-8-15(22)14-6-2-13(11-21)3-7-14/h2-10,18H,1H3. The van der Waals surface area contributed by atoms with Gasteiger partial charge in [-0.3, -0.25) is 4.79 Å². The zero-order chi connectivity index (χ0) is 17.5. The van der Waals surface area contributed by atoms with E-state index in [-0.39, 0.29) is 17.3 Å². The Kier molecular flexibility index (Phi) is 5.63. The molecule has 4 nitrogen and oxygen atoms in total. The zero-order valence-electron chi connectivity index (χ0n) is 12.7. The number of nitrogens with zero attached hydrogens (tertiary/aromatic N) is 1. The van der Waals surface area contributed by atoms with Crippen molar-refractivity contribution in [2.24, 2.45) is 0 Å². The third-order valence-corrected chi connectivity index (χ3v) is 3.13. The number of allylic oxidation sites excluding steroid dienone is 1. The van der Waals surface area contributed by atoms with Gasteiger partial charge in [-0.05, 0) is 48.0 Å². The van der Waals surface area contributed by atoms with Crippen molar-refractivity contribution in [3.05, 3.63) is 65.2 Å². The first-order valence-electron chi connectivity index (χ1n) is 6.89. The summed E-state index contributed by atoms with van der Waals surface area (Å²) in [6.07, 6.45) is 2.89. The van der Waals surface area contributed by atoms with Crippen molar-refractivity contribution in [3.8, 4) is 17.6 Å². The van der Waals surface area contributed by atoms with E-state index in [1.807, 2.05) is 6.07 Å². The Balaban J connectivity index is 2.15. The first-order chi connectivity index (χ1) is 11.5. The first-order valence-corrected chi connectivity index (χ1v) is 6.89. The van der Waals surface area contributed by atoms with Gasteiger partial charge in [-0.2, -0.15) is 14.0 Å². The lowest BCUT2D eigenvalue weighted by molar-refractivity contribution is -0.0512. The predicted octanol–water partition coefficient (Wildman–Crippen LogP) is 4.06. The van der Waals surface area contributed by atoms with Crippen LogP contribution in [0.15, 0.2) is 48.5 Å². The fraction of sp³-hybridized carbons (Fsp3) is 0.111. The van der Waals surface area contributed by atoms with E-state index in [1.165, 1.54) is 37.5 Å². The number of halogens is 2. The molecule has 2 rings (SSSR count). The van der Waals surface area contributed by atoms with Crippen LogP contribution in [-0.2, 0) is 0 Å². The minimum Gasteiger partial charge on any atom is -0.493 e.